The normalized spacial score (nSPS) is 15.9. The maximum absolute atomic E-state index is 14.5. The van der Waals surface area contributed by atoms with Crippen LogP contribution in [0.4, 0.5) is 19.3 Å². The number of aliphatic hydroxyl groups excluding tert-OH is 1. The highest BCUT2D eigenvalue weighted by Crippen LogP contribution is 2.30. The lowest BCUT2D eigenvalue weighted by molar-refractivity contribution is 0.176. The van der Waals surface area contributed by atoms with E-state index in [1.54, 1.807) is 56.7 Å². The van der Waals surface area contributed by atoms with Gasteiger partial charge in [-0.2, -0.15) is 5.10 Å². The summed E-state index contributed by atoms with van der Waals surface area (Å²) >= 11 is 0. The van der Waals surface area contributed by atoms with Gasteiger partial charge < -0.3 is 19.9 Å². The Hall–Kier alpha value is -4.31. The number of nitrogens with zero attached hydrogens (tertiary/aromatic N) is 5. The topological polar surface area (TPSA) is 87.7 Å². The second-order valence-corrected chi connectivity index (χ2v) is 8.46. The number of hydrogen-bond acceptors (Lipinski definition) is 4. The molecular formula is C25H20F2N6O2. The van der Waals surface area contributed by atoms with E-state index in [0.29, 0.717) is 46.7 Å². The van der Waals surface area contributed by atoms with Gasteiger partial charge in [-0.15, -0.1) is 0 Å². The van der Waals surface area contributed by atoms with Gasteiger partial charge in [0.1, 0.15) is 17.5 Å². The number of amides is 2. The molecule has 2 N–H and O–H groups in total. The van der Waals surface area contributed by atoms with E-state index in [4.69, 9.17) is 4.98 Å². The zero-order valence-electron chi connectivity index (χ0n) is 18.4. The first-order chi connectivity index (χ1) is 17.0. The van der Waals surface area contributed by atoms with Gasteiger partial charge in [0.15, 0.2) is 5.65 Å². The van der Waals surface area contributed by atoms with Crippen LogP contribution in [0.5, 0.6) is 0 Å². The number of urea groups is 1. The minimum Gasteiger partial charge on any atom is -0.391 e. The third kappa shape index (κ3) is 3.68. The van der Waals surface area contributed by atoms with Crippen LogP contribution in [0, 0.1) is 11.6 Å². The minimum absolute atomic E-state index is 0.121. The number of carbonyl (C=O) groups is 1. The Labute approximate surface area is 198 Å². The molecule has 1 fully saturated rings. The van der Waals surface area contributed by atoms with Crippen LogP contribution in [-0.2, 0) is 0 Å². The van der Waals surface area contributed by atoms with E-state index in [0.717, 1.165) is 18.2 Å². The molecule has 35 heavy (non-hydrogen) atoms. The van der Waals surface area contributed by atoms with Crippen LogP contribution in [0.15, 0.2) is 67.0 Å². The van der Waals surface area contributed by atoms with Crippen molar-refractivity contribution >= 4 is 28.3 Å². The van der Waals surface area contributed by atoms with E-state index < -0.39 is 17.7 Å². The number of halogens is 2. The van der Waals surface area contributed by atoms with Crippen LogP contribution in [0.1, 0.15) is 6.42 Å². The quantitative estimate of drug-likeness (QED) is 0.410. The second kappa shape index (κ2) is 8.17. The number of likely N-dealkylation sites (tertiary alicyclic amines) is 1. The number of nitrogens with one attached hydrogen (secondary N) is 1. The average Bonchev–Trinajstić information content (AvgIpc) is 3.58. The Balaban J connectivity index is 1.44. The Kier molecular flexibility index (Phi) is 4.96. The molecule has 0 aliphatic carbocycles. The highest BCUT2D eigenvalue weighted by Gasteiger charge is 2.25. The van der Waals surface area contributed by atoms with Crippen molar-refractivity contribution in [2.45, 2.75) is 12.5 Å². The van der Waals surface area contributed by atoms with Gasteiger partial charge in [-0.05, 0) is 55.0 Å². The van der Waals surface area contributed by atoms with E-state index in [2.05, 4.69) is 10.4 Å². The third-order valence-corrected chi connectivity index (χ3v) is 6.18. The molecular weight excluding hydrogens is 454 g/mol. The summed E-state index contributed by atoms with van der Waals surface area (Å²) in [7, 11) is 0. The standard InChI is InChI=1S/C25H20F2N6O2/c26-15-6-7-18(27)17(13-15)21-5-2-10-32(21)22-9-12-33-24(29-22)23-19(3-1-4-20(23)30-33)28-25(35)31-11-8-16(34)14-31/h1-7,9-10,12-13,16,34H,8,11,14H2,(H,28,35)/t16-/m0/s1. The molecule has 176 valence electrons. The molecule has 0 bridgehead atoms. The third-order valence-electron chi connectivity index (χ3n) is 6.18. The summed E-state index contributed by atoms with van der Waals surface area (Å²) in [4.78, 5) is 19.1. The number of β-amino-alcohol motifs (C(OH)–C–C–N with tert-alkyl or cyclic N) is 1. The molecule has 10 heteroatoms. The molecule has 1 aliphatic rings. The Morgan fingerprint density at radius 2 is 1.97 bits per heavy atom. The van der Waals surface area contributed by atoms with Gasteiger partial charge in [-0.25, -0.2) is 23.1 Å². The van der Waals surface area contributed by atoms with Crippen molar-refractivity contribution in [1.29, 1.82) is 0 Å². The fourth-order valence-electron chi connectivity index (χ4n) is 4.48. The molecule has 0 unspecified atom stereocenters. The lowest BCUT2D eigenvalue weighted by atomic mass is 10.1. The summed E-state index contributed by atoms with van der Waals surface area (Å²) < 4.78 is 31.6. The fourth-order valence-corrected chi connectivity index (χ4v) is 4.48. The molecule has 2 aromatic carbocycles. The van der Waals surface area contributed by atoms with Crippen molar-refractivity contribution in [1.82, 2.24) is 24.1 Å². The summed E-state index contributed by atoms with van der Waals surface area (Å²) in [5.74, 6) is -0.601. The number of benzene rings is 2. The summed E-state index contributed by atoms with van der Waals surface area (Å²) in [6.45, 7) is 0.763. The highest BCUT2D eigenvalue weighted by molar-refractivity contribution is 6.07. The smallest absolute Gasteiger partial charge is 0.321 e. The number of aromatic nitrogens is 4. The van der Waals surface area contributed by atoms with Gasteiger partial charge in [0, 0.05) is 31.0 Å². The highest BCUT2D eigenvalue weighted by atomic mass is 19.1. The number of fused-ring (bicyclic) bond motifs is 3. The molecule has 4 heterocycles. The molecule has 5 aromatic rings. The molecule has 3 aromatic heterocycles. The monoisotopic (exact) mass is 474 g/mol. The van der Waals surface area contributed by atoms with Crippen molar-refractivity contribution in [2.24, 2.45) is 0 Å². The minimum atomic E-state index is -0.542. The van der Waals surface area contributed by atoms with Gasteiger partial charge in [0.2, 0.25) is 0 Å². The molecule has 1 saturated heterocycles. The maximum atomic E-state index is 14.5. The lowest BCUT2D eigenvalue weighted by Crippen LogP contribution is -2.33. The van der Waals surface area contributed by atoms with Crippen molar-refractivity contribution in [3.63, 3.8) is 0 Å². The van der Waals surface area contributed by atoms with Crippen molar-refractivity contribution in [3.05, 3.63) is 78.6 Å². The lowest BCUT2D eigenvalue weighted by Gasteiger charge is -2.16. The molecule has 6 rings (SSSR count). The van der Waals surface area contributed by atoms with Crippen LogP contribution in [-0.4, -0.2) is 54.4 Å². The number of anilines is 1. The molecule has 1 atom stereocenters. The largest absolute Gasteiger partial charge is 0.391 e. The first-order valence-electron chi connectivity index (χ1n) is 11.1. The summed E-state index contributed by atoms with van der Waals surface area (Å²) in [5.41, 5.74) is 2.24. The summed E-state index contributed by atoms with van der Waals surface area (Å²) in [5, 5.41) is 17.9. The SMILES string of the molecule is O=C(Nc1cccc2nn3ccc(-n4cccc4-c4cc(F)ccc4F)nc3c12)N1CC[C@H](O)C1. The van der Waals surface area contributed by atoms with Crippen molar-refractivity contribution in [2.75, 3.05) is 18.4 Å². The Bertz CT molecular complexity index is 1590. The molecule has 0 spiro atoms. The molecule has 0 saturated carbocycles. The maximum Gasteiger partial charge on any atom is 0.321 e. The van der Waals surface area contributed by atoms with E-state index in [9.17, 15) is 18.7 Å². The molecule has 0 radical (unpaired) electrons. The van der Waals surface area contributed by atoms with Gasteiger partial charge in [0.05, 0.1) is 28.4 Å². The predicted octanol–water partition coefficient (Wildman–Crippen LogP) is 4.22. The Morgan fingerprint density at radius 3 is 2.80 bits per heavy atom. The zero-order chi connectivity index (χ0) is 24.1. The summed E-state index contributed by atoms with van der Waals surface area (Å²) in [6.07, 6.45) is 3.48. The van der Waals surface area contributed by atoms with Gasteiger partial charge in [-0.3, -0.25) is 0 Å². The zero-order valence-corrected chi connectivity index (χ0v) is 18.4. The van der Waals surface area contributed by atoms with Crippen LogP contribution in [0.2, 0.25) is 0 Å². The van der Waals surface area contributed by atoms with Crippen LogP contribution in [0.3, 0.4) is 0 Å². The number of aliphatic hydroxyl groups is 1. The molecule has 2 amide bonds. The van der Waals surface area contributed by atoms with Gasteiger partial charge >= 0.3 is 6.03 Å². The van der Waals surface area contributed by atoms with Crippen molar-refractivity contribution < 1.29 is 18.7 Å². The predicted molar refractivity (Wildman–Crippen MR) is 126 cm³/mol. The first kappa shape index (κ1) is 21.2. The van der Waals surface area contributed by atoms with Gasteiger partial charge in [0.25, 0.3) is 0 Å². The summed E-state index contributed by atoms with van der Waals surface area (Å²) in [6, 6.07) is 13.5. The van der Waals surface area contributed by atoms with E-state index in [1.807, 2.05) is 6.07 Å². The van der Waals surface area contributed by atoms with E-state index >= 15 is 0 Å². The van der Waals surface area contributed by atoms with E-state index in [-0.39, 0.29) is 18.1 Å². The second-order valence-electron chi connectivity index (χ2n) is 8.46. The molecule has 1 aliphatic heterocycles. The van der Waals surface area contributed by atoms with Crippen LogP contribution in [0.25, 0.3) is 33.6 Å². The molecule has 8 nitrogen and oxygen atoms in total. The fraction of sp³-hybridized carbons (Fsp3) is 0.160. The number of hydrogen-bond donors (Lipinski definition) is 2. The van der Waals surface area contributed by atoms with Crippen LogP contribution >= 0.6 is 0 Å². The number of rotatable bonds is 3. The first-order valence-corrected chi connectivity index (χ1v) is 11.1. The van der Waals surface area contributed by atoms with Crippen molar-refractivity contribution in [3.8, 4) is 17.1 Å². The average molecular weight is 474 g/mol. The van der Waals surface area contributed by atoms with Gasteiger partial charge in [-0.1, -0.05) is 6.07 Å². The number of carbonyl (C=O) groups excluding carboxylic acids is 1. The Morgan fingerprint density at radius 1 is 1.09 bits per heavy atom. The van der Waals surface area contributed by atoms with E-state index in [1.165, 1.54) is 0 Å². The van der Waals surface area contributed by atoms with Crippen LogP contribution < -0.4 is 5.32 Å².